The molecule has 0 spiro atoms. The van der Waals surface area contributed by atoms with E-state index in [0.29, 0.717) is 51.2 Å². The summed E-state index contributed by atoms with van der Waals surface area (Å²) < 4.78 is 0. The van der Waals surface area contributed by atoms with Crippen LogP contribution in [0.5, 0.6) is 0 Å². The highest BCUT2D eigenvalue weighted by Gasteiger charge is 2.20. The van der Waals surface area contributed by atoms with Crippen molar-refractivity contribution in [2.24, 2.45) is 5.92 Å². The Hall–Kier alpha value is -3.28. The first-order valence-electron chi connectivity index (χ1n) is 13.6. The van der Waals surface area contributed by atoms with Gasteiger partial charge in [-0.05, 0) is 37.8 Å². The molecule has 2 aromatic heterocycles. The molecular formula is C28H37ClN8O2S. The number of para-hydroxylation sites is 1. The van der Waals surface area contributed by atoms with Gasteiger partial charge in [0.15, 0.2) is 5.13 Å². The number of piperazine rings is 1. The van der Waals surface area contributed by atoms with Gasteiger partial charge in [-0.1, -0.05) is 48.9 Å². The van der Waals surface area contributed by atoms with Crippen molar-refractivity contribution in [2.45, 2.75) is 40.5 Å². The van der Waals surface area contributed by atoms with Crippen molar-refractivity contribution in [2.75, 3.05) is 54.8 Å². The fraction of sp³-hybridized carbons (Fsp3) is 0.464. The maximum atomic E-state index is 12.8. The number of anilines is 4. The summed E-state index contributed by atoms with van der Waals surface area (Å²) in [7, 11) is 0. The van der Waals surface area contributed by atoms with E-state index >= 15 is 0 Å². The van der Waals surface area contributed by atoms with Gasteiger partial charge in [0, 0.05) is 51.8 Å². The Morgan fingerprint density at radius 1 is 1.12 bits per heavy atom. The minimum Gasteiger partial charge on any atom is -0.355 e. The number of amides is 2. The van der Waals surface area contributed by atoms with Crippen molar-refractivity contribution < 1.29 is 9.59 Å². The average molecular weight is 585 g/mol. The molecule has 1 saturated heterocycles. The molecule has 0 bridgehead atoms. The number of rotatable bonds is 11. The summed E-state index contributed by atoms with van der Waals surface area (Å²) in [5.74, 6) is 2.52. The largest absolute Gasteiger partial charge is 0.355 e. The van der Waals surface area contributed by atoms with Crippen molar-refractivity contribution in [1.29, 1.82) is 0 Å². The van der Waals surface area contributed by atoms with Gasteiger partial charge in [-0.2, -0.15) is 0 Å². The number of halogens is 1. The van der Waals surface area contributed by atoms with Gasteiger partial charge in [0.2, 0.25) is 5.91 Å². The zero-order valence-electron chi connectivity index (χ0n) is 23.5. The van der Waals surface area contributed by atoms with E-state index in [0.717, 1.165) is 50.5 Å². The van der Waals surface area contributed by atoms with Crippen LogP contribution >= 0.6 is 22.9 Å². The number of hydrogen-bond donors (Lipinski definition) is 3. The molecule has 10 nitrogen and oxygen atoms in total. The Kier molecular flexibility index (Phi) is 10.3. The van der Waals surface area contributed by atoms with Crippen molar-refractivity contribution in [3.8, 4) is 0 Å². The molecule has 0 saturated carbocycles. The van der Waals surface area contributed by atoms with Gasteiger partial charge in [-0.15, -0.1) is 0 Å². The Balaban J connectivity index is 1.29. The minimum absolute atomic E-state index is 0.132. The number of nitrogens with one attached hydrogen (secondary N) is 3. The van der Waals surface area contributed by atoms with E-state index in [2.05, 4.69) is 54.5 Å². The fourth-order valence-electron chi connectivity index (χ4n) is 4.35. The lowest BCUT2D eigenvalue weighted by Gasteiger charge is -2.35. The molecule has 40 heavy (non-hydrogen) atoms. The molecule has 12 heteroatoms. The SMILES string of the molecule is Cc1nc(Nc2ncc(C(=O)Nc3c(C)cccc3Cl)s2)cc(N2CCN(CCNC(=O)CCC(C)C)CC2)n1. The Labute approximate surface area is 244 Å². The topological polar surface area (TPSA) is 115 Å². The molecule has 1 aliphatic heterocycles. The molecule has 0 atom stereocenters. The minimum atomic E-state index is -0.269. The highest BCUT2D eigenvalue weighted by atomic mass is 35.5. The van der Waals surface area contributed by atoms with Gasteiger partial charge in [-0.25, -0.2) is 15.0 Å². The molecule has 0 unspecified atom stereocenters. The van der Waals surface area contributed by atoms with Crippen LogP contribution in [0.25, 0.3) is 0 Å². The Morgan fingerprint density at radius 3 is 2.62 bits per heavy atom. The van der Waals surface area contributed by atoms with E-state index in [1.54, 1.807) is 6.07 Å². The lowest BCUT2D eigenvalue weighted by Crippen LogP contribution is -2.48. The van der Waals surface area contributed by atoms with Crippen LogP contribution in [-0.2, 0) is 4.79 Å². The second-order valence-corrected chi connectivity index (χ2v) is 11.7. The molecule has 1 fully saturated rings. The maximum Gasteiger partial charge on any atom is 0.267 e. The van der Waals surface area contributed by atoms with Gasteiger partial charge in [0.25, 0.3) is 5.91 Å². The van der Waals surface area contributed by atoms with E-state index in [-0.39, 0.29) is 11.8 Å². The monoisotopic (exact) mass is 584 g/mol. The second-order valence-electron chi connectivity index (χ2n) is 10.3. The number of carbonyl (C=O) groups excluding carboxylic acids is 2. The summed E-state index contributed by atoms with van der Waals surface area (Å²) in [5.41, 5.74) is 1.48. The van der Waals surface area contributed by atoms with Crippen molar-refractivity contribution in [3.63, 3.8) is 0 Å². The molecule has 1 aromatic carbocycles. The summed E-state index contributed by atoms with van der Waals surface area (Å²) in [6.45, 7) is 13.0. The molecule has 0 aliphatic carbocycles. The molecule has 1 aliphatic rings. The van der Waals surface area contributed by atoms with Crippen LogP contribution in [-0.4, -0.2) is 70.9 Å². The third-order valence-corrected chi connectivity index (χ3v) is 7.87. The van der Waals surface area contributed by atoms with Crippen LogP contribution < -0.4 is 20.9 Å². The third kappa shape index (κ3) is 8.36. The number of thiazole rings is 1. The predicted octanol–water partition coefficient (Wildman–Crippen LogP) is 4.87. The lowest BCUT2D eigenvalue weighted by atomic mass is 10.1. The van der Waals surface area contributed by atoms with Gasteiger partial charge in [-0.3, -0.25) is 14.5 Å². The summed E-state index contributed by atoms with van der Waals surface area (Å²) in [6.07, 6.45) is 3.05. The number of nitrogens with zero attached hydrogens (tertiary/aromatic N) is 5. The van der Waals surface area contributed by atoms with Crippen molar-refractivity contribution in [1.82, 2.24) is 25.2 Å². The van der Waals surface area contributed by atoms with Crippen LogP contribution in [0.1, 0.15) is 47.7 Å². The highest BCUT2D eigenvalue weighted by Crippen LogP contribution is 2.28. The Morgan fingerprint density at radius 2 is 1.90 bits per heavy atom. The maximum absolute atomic E-state index is 12.8. The third-order valence-electron chi connectivity index (χ3n) is 6.64. The molecule has 214 valence electrons. The summed E-state index contributed by atoms with van der Waals surface area (Å²) in [5, 5.41) is 10.2. The predicted molar refractivity (Wildman–Crippen MR) is 162 cm³/mol. The lowest BCUT2D eigenvalue weighted by molar-refractivity contribution is -0.121. The van der Waals surface area contributed by atoms with Crippen LogP contribution in [0.4, 0.5) is 22.5 Å². The number of aryl methyl sites for hydroxylation is 2. The molecule has 0 radical (unpaired) electrons. The van der Waals surface area contributed by atoms with Crippen LogP contribution in [0.15, 0.2) is 30.5 Å². The van der Waals surface area contributed by atoms with Crippen LogP contribution in [0.2, 0.25) is 5.02 Å². The van der Waals surface area contributed by atoms with E-state index < -0.39 is 0 Å². The van der Waals surface area contributed by atoms with E-state index in [9.17, 15) is 9.59 Å². The zero-order valence-corrected chi connectivity index (χ0v) is 25.0. The first kappa shape index (κ1) is 29.7. The van der Waals surface area contributed by atoms with E-state index in [1.165, 1.54) is 17.5 Å². The first-order valence-corrected chi connectivity index (χ1v) is 14.8. The highest BCUT2D eigenvalue weighted by molar-refractivity contribution is 7.17. The van der Waals surface area contributed by atoms with Gasteiger partial charge in [0.05, 0.1) is 16.9 Å². The molecule has 3 N–H and O–H groups in total. The molecule has 3 aromatic rings. The van der Waals surface area contributed by atoms with Crippen LogP contribution in [0.3, 0.4) is 0 Å². The quantitative estimate of drug-likeness (QED) is 0.292. The average Bonchev–Trinajstić information content (AvgIpc) is 3.38. The van der Waals surface area contributed by atoms with E-state index in [1.807, 2.05) is 32.0 Å². The van der Waals surface area contributed by atoms with Gasteiger partial charge < -0.3 is 20.9 Å². The molecule has 4 rings (SSSR count). The zero-order chi connectivity index (χ0) is 28.6. The van der Waals surface area contributed by atoms with Crippen molar-refractivity contribution in [3.05, 3.63) is 51.7 Å². The molecule has 2 amide bonds. The van der Waals surface area contributed by atoms with Gasteiger partial charge in [0.1, 0.15) is 22.3 Å². The van der Waals surface area contributed by atoms with Crippen LogP contribution in [0, 0.1) is 19.8 Å². The summed E-state index contributed by atoms with van der Waals surface area (Å²) in [4.78, 5) is 43.3. The summed E-state index contributed by atoms with van der Waals surface area (Å²) >= 11 is 7.49. The smallest absolute Gasteiger partial charge is 0.267 e. The summed E-state index contributed by atoms with van der Waals surface area (Å²) in [6, 6.07) is 7.39. The number of benzene rings is 1. The standard InChI is InChI=1S/C28H37ClN8O2S/c1-18(2)8-9-25(38)30-10-11-36-12-14-37(15-13-36)24-16-23(32-20(4)33-24)34-28-31-17-22(40-28)27(39)35-26-19(3)6-5-7-21(26)29/h5-7,16-18H,8-15H2,1-4H3,(H,30,38)(H,35,39)(H,31,32,33,34). The molecular weight excluding hydrogens is 548 g/mol. The van der Waals surface area contributed by atoms with E-state index in [4.69, 9.17) is 11.6 Å². The van der Waals surface area contributed by atoms with Crippen molar-refractivity contribution >= 4 is 57.2 Å². The number of carbonyl (C=O) groups is 2. The normalized spacial score (nSPS) is 13.9. The molecule has 3 heterocycles. The Bertz CT molecular complexity index is 1300. The van der Waals surface area contributed by atoms with Gasteiger partial charge >= 0.3 is 0 Å². The number of aromatic nitrogens is 3. The first-order chi connectivity index (χ1) is 19.2. The number of hydrogen-bond acceptors (Lipinski definition) is 9. The second kappa shape index (κ2) is 13.9. The fourth-order valence-corrected chi connectivity index (χ4v) is 5.34.